The van der Waals surface area contributed by atoms with E-state index in [9.17, 15) is 10.1 Å². The van der Waals surface area contributed by atoms with Gasteiger partial charge in [0.05, 0.1) is 11.5 Å². The van der Waals surface area contributed by atoms with Gasteiger partial charge < -0.3 is 15.0 Å². The van der Waals surface area contributed by atoms with Crippen molar-refractivity contribution in [2.45, 2.75) is 20.0 Å². The van der Waals surface area contributed by atoms with E-state index in [1.807, 2.05) is 43.1 Å². The van der Waals surface area contributed by atoms with Gasteiger partial charge >= 0.3 is 0 Å². The molecule has 2 aromatic carbocycles. The summed E-state index contributed by atoms with van der Waals surface area (Å²) in [7, 11) is 3.61. The lowest BCUT2D eigenvalue weighted by Crippen LogP contribution is -2.38. The molecule has 0 aromatic heterocycles. The predicted molar refractivity (Wildman–Crippen MR) is 118 cm³/mol. The van der Waals surface area contributed by atoms with Gasteiger partial charge in [-0.3, -0.25) is 15.1 Å². The van der Waals surface area contributed by atoms with Crippen molar-refractivity contribution in [3.63, 3.8) is 0 Å². The molecule has 27 heavy (non-hydrogen) atoms. The fourth-order valence-electron chi connectivity index (χ4n) is 2.60. The largest absolute Gasteiger partial charge is 0.494 e. The van der Waals surface area contributed by atoms with Crippen LogP contribution in [-0.2, 0) is 13.1 Å². The van der Waals surface area contributed by atoms with Crippen LogP contribution < -0.4 is 10.1 Å². The van der Waals surface area contributed by atoms with Gasteiger partial charge in [0.1, 0.15) is 5.75 Å². The highest BCUT2D eigenvalue weighted by Crippen LogP contribution is 2.17. The van der Waals surface area contributed by atoms with Gasteiger partial charge in [0.2, 0.25) is 0 Å². The third kappa shape index (κ3) is 6.70. The number of hydrogen-bond donors (Lipinski definition) is 1. The third-order valence-electron chi connectivity index (χ3n) is 3.85. The summed E-state index contributed by atoms with van der Waals surface area (Å²) < 4.78 is 5.45. The Morgan fingerprint density at radius 3 is 2.48 bits per heavy atom. The average Bonchev–Trinajstić information content (AvgIpc) is 2.64. The minimum Gasteiger partial charge on any atom is -0.494 e. The van der Waals surface area contributed by atoms with Crippen molar-refractivity contribution in [2.75, 3.05) is 20.7 Å². The SMILES string of the molecule is CCOc1ccc(CN(C)C(=NC)NCc2ccccc2[N+](=O)[O-])cc1.I. The number of nitrogens with zero attached hydrogens (tertiary/aromatic N) is 3. The zero-order chi connectivity index (χ0) is 18.9. The van der Waals surface area contributed by atoms with Gasteiger partial charge in [-0.1, -0.05) is 30.3 Å². The summed E-state index contributed by atoms with van der Waals surface area (Å²) in [5, 5.41) is 14.3. The molecule has 8 heteroatoms. The number of benzene rings is 2. The van der Waals surface area contributed by atoms with Gasteiger partial charge in [-0.25, -0.2) is 0 Å². The normalized spacial score (nSPS) is 10.7. The van der Waals surface area contributed by atoms with Gasteiger partial charge in [0, 0.05) is 38.8 Å². The number of aliphatic imine (C=N–C) groups is 1. The van der Waals surface area contributed by atoms with Crippen LogP contribution in [-0.4, -0.2) is 36.5 Å². The first-order valence-corrected chi connectivity index (χ1v) is 8.41. The lowest BCUT2D eigenvalue weighted by molar-refractivity contribution is -0.385. The monoisotopic (exact) mass is 484 g/mol. The molecule has 1 N–H and O–H groups in total. The molecule has 0 radical (unpaired) electrons. The van der Waals surface area contributed by atoms with Gasteiger partial charge in [-0.05, 0) is 24.6 Å². The Kier molecular flexibility index (Phi) is 9.55. The van der Waals surface area contributed by atoms with Crippen LogP contribution >= 0.6 is 24.0 Å². The average molecular weight is 484 g/mol. The smallest absolute Gasteiger partial charge is 0.274 e. The first kappa shape index (κ1) is 22.7. The number of nitro groups is 1. The van der Waals surface area contributed by atoms with Crippen LogP contribution in [0.15, 0.2) is 53.5 Å². The Hall–Kier alpha value is -2.36. The minimum absolute atomic E-state index is 0. The van der Waals surface area contributed by atoms with Crippen LogP contribution in [0, 0.1) is 10.1 Å². The first-order valence-electron chi connectivity index (χ1n) is 8.41. The zero-order valence-electron chi connectivity index (χ0n) is 15.7. The molecule has 0 unspecified atom stereocenters. The lowest BCUT2D eigenvalue weighted by atomic mass is 10.2. The Morgan fingerprint density at radius 2 is 1.89 bits per heavy atom. The van der Waals surface area contributed by atoms with Crippen molar-refractivity contribution in [3.05, 3.63) is 69.8 Å². The van der Waals surface area contributed by atoms with Crippen LogP contribution in [0.4, 0.5) is 5.69 Å². The fourth-order valence-corrected chi connectivity index (χ4v) is 2.60. The summed E-state index contributed by atoms with van der Waals surface area (Å²) in [4.78, 5) is 17.0. The summed E-state index contributed by atoms with van der Waals surface area (Å²) in [5.74, 6) is 1.51. The van der Waals surface area contributed by atoms with E-state index in [1.54, 1.807) is 25.2 Å². The number of nitro benzene ring substituents is 1. The van der Waals surface area contributed by atoms with Crippen LogP contribution in [0.1, 0.15) is 18.1 Å². The highest BCUT2D eigenvalue weighted by Gasteiger charge is 2.13. The minimum atomic E-state index is -0.372. The van der Waals surface area contributed by atoms with Crippen molar-refractivity contribution in [2.24, 2.45) is 4.99 Å². The second-order valence-corrected chi connectivity index (χ2v) is 5.72. The predicted octanol–water partition coefficient (Wildman–Crippen LogP) is 3.82. The molecule has 0 bridgehead atoms. The van der Waals surface area contributed by atoms with Crippen LogP contribution in [0.3, 0.4) is 0 Å². The maximum absolute atomic E-state index is 11.1. The Balaban J connectivity index is 0.00000364. The standard InChI is InChI=1S/C19H24N4O3.HI/c1-4-26-17-11-9-15(10-12-17)14-22(3)19(20-2)21-13-16-7-5-6-8-18(16)23(24)25;/h5-12H,4,13-14H2,1-3H3,(H,20,21);1H. The van der Waals surface area contributed by atoms with Gasteiger partial charge in [0.25, 0.3) is 5.69 Å². The Morgan fingerprint density at radius 1 is 1.22 bits per heavy atom. The van der Waals surface area contributed by atoms with E-state index in [2.05, 4.69) is 10.3 Å². The van der Waals surface area contributed by atoms with E-state index in [-0.39, 0.29) is 34.6 Å². The highest BCUT2D eigenvalue weighted by molar-refractivity contribution is 14.0. The molecule has 0 amide bonds. The number of guanidine groups is 1. The zero-order valence-corrected chi connectivity index (χ0v) is 18.0. The summed E-state index contributed by atoms with van der Waals surface area (Å²) >= 11 is 0. The molecule has 146 valence electrons. The van der Waals surface area contributed by atoms with E-state index >= 15 is 0 Å². The first-order chi connectivity index (χ1) is 12.5. The van der Waals surface area contributed by atoms with Crippen molar-refractivity contribution < 1.29 is 9.66 Å². The molecule has 0 heterocycles. The molecule has 0 aliphatic heterocycles. The van der Waals surface area contributed by atoms with Crippen LogP contribution in [0.5, 0.6) is 5.75 Å². The van der Waals surface area contributed by atoms with Gasteiger partial charge in [-0.2, -0.15) is 0 Å². The molecule has 2 rings (SSSR count). The number of hydrogen-bond acceptors (Lipinski definition) is 4. The molecular formula is C19H25IN4O3. The summed E-state index contributed by atoms with van der Waals surface area (Å²) in [5.41, 5.74) is 1.84. The molecule has 0 fully saturated rings. The lowest BCUT2D eigenvalue weighted by Gasteiger charge is -2.22. The molecule has 0 aliphatic carbocycles. The van der Waals surface area contributed by atoms with Gasteiger partial charge in [-0.15, -0.1) is 24.0 Å². The van der Waals surface area contributed by atoms with Crippen LogP contribution in [0.25, 0.3) is 0 Å². The molecule has 2 aromatic rings. The van der Waals surface area contributed by atoms with Gasteiger partial charge in [0.15, 0.2) is 5.96 Å². The molecule has 0 atom stereocenters. The summed E-state index contributed by atoms with van der Waals surface area (Å²) in [6, 6.07) is 14.6. The maximum Gasteiger partial charge on any atom is 0.274 e. The van der Waals surface area contributed by atoms with Crippen molar-refractivity contribution in [3.8, 4) is 5.75 Å². The number of ether oxygens (including phenoxy) is 1. The van der Waals surface area contributed by atoms with E-state index in [1.165, 1.54) is 6.07 Å². The van der Waals surface area contributed by atoms with E-state index in [4.69, 9.17) is 4.74 Å². The van der Waals surface area contributed by atoms with E-state index in [0.717, 1.165) is 11.3 Å². The fraction of sp³-hybridized carbons (Fsp3) is 0.316. The van der Waals surface area contributed by atoms with Crippen molar-refractivity contribution in [1.82, 2.24) is 10.2 Å². The molecular weight excluding hydrogens is 459 g/mol. The number of halogens is 1. The topological polar surface area (TPSA) is 80.0 Å². The quantitative estimate of drug-likeness (QED) is 0.213. The molecule has 0 saturated carbocycles. The Bertz CT molecular complexity index is 766. The molecule has 0 saturated heterocycles. The number of para-hydroxylation sites is 1. The van der Waals surface area contributed by atoms with E-state index in [0.29, 0.717) is 31.2 Å². The second-order valence-electron chi connectivity index (χ2n) is 5.72. The summed E-state index contributed by atoms with van der Waals surface area (Å²) in [6.07, 6.45) is 0. The van der Waals surface area contributed by atoms with Crippen molar-refractivity contribution >= 4 is 35.6 Å². The molecule has 0 spiro atoms. The third-order valence-corrected chi connectivity index (χ3v) is 3.85. The second kappa shape index (κ2) is 11.4. The van der Waals surface area contributed by atoms with E-state index < -0.39 is 0 Å². The van der Waals surface area contributed by atoms with Crippen LogP contribution in [0.2, 0.25) is 0 Å². The van der Waals surface area contributed by atoms with Crippen molar-refractivity contribution in [1.29, 1.82) is 0 Å². The Labute approximate surface area is 176 Å². The molecule has 0 aliphatic rings. The number of rotatable bonds is 7. The summed E-state index contributed by atoms with van der Waals surface area (Å²) in [6.45, 7) is 3.58. The number of nitrogens with one attached hydrogen (secondary N) is 1. The highest BCUT2D eigenvalue weighted by atomic mass is 127. The molecule has 7 nitrogen and oxygen atoms in total. The maximum atomic E-state index is 11.1.